The van der Waals surface area contributed by atoms with Gasteiger partial charge in [-0.15, -0.1) is 0 Å². The van der Waals surface area contributed by atoms with E-state index in [1.165, 1.54) is 12.8 Å². The molecule has 0 aromatic rings. The Morgan fingerprint density at radius 3 is 2.47 bits per heavy atom. The fraction of sp³-hybridized carbons (Fsp3) is 0.929. The second-order valence-electron chi connectivity index (χ2n) is 5.40. The Balaban J connectivity index is 2.42. The molecule has 17 heavy (non-hydrogen) atoms. The van der Waals surface area contributed by atoms with E-state index in [9.17, 15) is 4.79 Å². The molecule has 0 aromatic heterocycles. The standard InChI is InChI=1S/C14H28N2O/c1-3-12(7-10-15)11-16-13(17)14(4-2)8-5-6-9-14/h12H,3-11,15H2,1-2H3,(H,16,17). The highest BCUT2D eigenvalue weighted by Gasteiger charge is 2.39. The second-order valence-corrected chi connectivity index (χ2v) is 5.40. The molecule has 0 saturated heterocycles. The van der Waals surface area contributed by atoms with Gasteiger partial charge in [0.1, 0.15) is 0 Å². The SMILES string of the molecule is CCC(CCN)CNC(=O)C1(CC)CCCC1. The Kier molecular flexibility index (Phi) is 5.96. The normalized spacial score (nSPS) is 20.2. The van der Waals surface area contributed by atoms with Gasteiger partial charge >= 0.3 is 0 Å². The van der Waals surface area contributed by atoms with Gasteiger partial charge in [0.25, 0.3) is 0 Å². The minimum absolute atomic E-state index is 0.0546. The lowest BCUT2D eigenvalue weighted by Crippen LogP contribution is -2.41. The number of nitrogens with two attached hydrogens (primary N) is 1. The lowest BCUT2D eigenvalue weighted by molar-refractivity contribution is -0.131. The maximum Gasteiger partial charge on any atom is 0.226 e. The minimum atomic E-state index is -0.0546. The van der Waals surface area contributed by atoms with Crippen LogP contribution in [-0.4, -0.2) is 19.0 Å². The van der Waals surface area contributed by atoms with Crippen molar-refractivity contribution in [1.82, 2.24) is 5.32 Å². The smallest absolute Gasteiger partial charge is 0.226 e. The number of nitrogens with one attached hydrogen (secondary N) is 1. The highest BCUT2D eigenvalue weighted by Crippen LogP contribution is 2.41. The molecule has 1 fully saturated rings. The van der Waals surface area contributed by atoms with E-state index in [4.69, 9.17) is 5.73 Å². The Morgan fingerprint density at radius 2 is 2.00 bits per heavy atom. The molecule has 1 atom stereocenters. The Hall–Kier alpha value is -0.570. The van der Waals surface area contributed by atoms with Crippen LogP contribution in [0.2, 0.25) is 0 Å². The average molecular weight is 240 g/mol. The molecule has 100 valence electrons. The molecular formula is C14H28N2O. The zero-order chi connectivity index (χ0) is 12.7. The van der Waals surface area contributed by atoms with Crippen LogP contribution in [0, 0.1) is 11.3 Å². The topological polar surface area (TPSA) is 55.1 Å². The molecule has 1 aliphatic rings. The van der Waals surface area contributed by atoms with Gasteiger partial charge in [0, 0.05) is 12.0 Å². The van der Waals surface area contributed by atoms with Crippen LogP contribution >= 0.6 is 0 Å². The third kappa shape index (κ3) is 3.70. The van der Waals surface area contributed by atoms with Gasteiger partial charge in [0.05, 0.1) is 0 Å². The van der Waals surface area contributed by atoms with Crippen LogP contribution in [0.15, 0.2) is 0 Å². The fourth-order valence-electron chi connectivity index (χ4n) is 2.90. The van der Waals surface area contributed by atoms with Crippen molar-refractivity contribution in [3.63, 3.8) is 0 Å². The number of hydrogen-bond acceptors (Lipinski definition) is 2. The second kappa shape index (κ2) is 7.00. The molecule has 0 radical (unpaired) electrons. The van der Waals surface area contributed by atoms with Crippen molar-refractivity contribution in [2.75, 3.05) is 13.1 Å². The van der Waals surface area contributed by atoms with Crippen LogP contribution in [-0.2, 0) is 4.79 Å². The number of carbonyl (C=O) groups excluding carboxylic acids is 1. The van der Waals surface area contributed by atoms with Crippen molar-refractivity contribution in [2.45, 2.75) is 58.8 Å². The molecule has 1 aliphatic carbocycles. The summed E-state index contributed by atoms with van der Waals surface area (Å²) in [5.74, 6) is 0.826. The van der Waals surface area contributed by atoms with E-state index < -0.39 is 0 Å². The summed E-state index contributed by atoms with van der Waals surface area (Å²) in [4.78, 5) is 12.3. The van der Waals surface area contributed by atoms with Gasteiger partial charge in [-0.05, 0) is 38.1 Å². The number of hydrogen-bond donors (Lipinski definition) is 2. The average Bonchev–Trinajstić information content (AvgIpc) is 2.84. The first-order valence-electron chi connectivity index (χ1n) is 7.17. The minimum Gasteiger partial charge on any atom is -0.355 e. The summed E-state index contributed by atoms with van der Waals surface area (Å²) in [6.07, 6.45) is 7.65. The summed E-state index contributed by atoms with van der Waals surface area (Å²) in [7, 11) is 0. The van der Waals surface area contributed by atoms with E-state index in [1.807, 2.05) is 0 Å². The van der Waals surface area contributed by atoms with Crippen LogP contribution in [0.1, 0.15) is 58.8 Å². The summed E-state index contributed by atoms with van der Waals surface area (Å²) < 4.78 is 0. The summed E-state index contributed by atoms with van der Waals surface area (Å²) >= 11 is 0. The summed E-state index contributed by atoms with van der Waals surface area (Å²) in [5.41, 5.74) is 5.52. The molecule has 1 rings (SSSR count). The molecule has 0 heterocycles. The third-order valence-corrected chi connectivity index (χ3v) is 4.42. The van der Waals surface area contributed by atoms with Crippen LogP contribution < -0.4 is 11.1 Å². The number of amides is 1. The van der Waals surface area contributed by atoms with Crippen LogP contribution in [0.3, 0.4) is 0 Å². The number of rotatable bonds is 7. The Bertz CT molecular complexity index is 234. The maximum absolute atomic E-state index is 12.3. The lowest BCUT2D eigenvalue weighted by atomic mass is 9.82. The molecule has 0 aliphatic heterocycles. The zero-order valence-corrected chi connectivity index (χ0v) is 11.4. The molecule has 1 saturated carbocycles. The first-order valence-corrected chi connectivity index (χ1v) is 7.17. The van der Waals surface area contributed by atoms with Gasteiger partial charge in [-0.1, -0.05) is 33.1 Å². The summed E-state index contributed by atoms with van der Waals surface area (Å²) in [6, 6.07) is 0. The predicted octanol–water partition coefficient (Wildman–Crippen LogP) is 2.45. The van der Waals surface area contributed by atoms with E-state index in [-0.39, 0.29) is 11.3 Å². The van der Waals surface area contributed by atoms with Crippen molar-refractivity contribution >= 4 is 5.91 Å². The first kappa shape index (κ1) is 14.5. The quantitative estimate of drug-likeness (QED) is 0.718. The van der Waals surface area contributed by atoms with Gasteiger partial charge in [-0.2, -0.15) is 0 Å². The fourth-order valence-corrected chi connectivity index (χ4v) is 2.90. The van der Waals surface area contributed by atoms with Crippen molar-refractivity contribution in [1.29, 1.82) is 0 Å². The highest BCUT2D eigenvalue weighted by atomic mass is 16.2. The summed E-state index contributed by atoms with van der Waals surface area (Å²) in [6.45, 7) is 5.82. The monoisotopic (exact) mass is 240 g/mol. The number of carbonyl (C=O) groups is 1. The molecule has 0 spiro atoms. The van der Waals surface area contributed by atoms with Gasteiger partial charge in [-0.25, -0.2) is 0 Å². The molecular weight excluding hydrogens is 212 g/mol. The molecule has 0 aromatic carbocycles. The summed E-state index contributed by atoms with van der Waals surface area (Å²) in [5, 5.41) is 3.16. The van der Waals surface area contributed by atoms with Gasteiger partial charge in [0.15, 0.2) is 0 Å². The van der Waals surface area contributed by atoms with Crippen molar-refractivity contribution in [2.24, 2.45) is 17.1 Å². The molecule has 0 bridgehead atoms. The Labute approximate surface area is 106 Å². The van der Waals surface area contributed by atoms with E-state index >= 15 is 0 Å². The highest BCUT2D eigenvalue weighted by molar-refractivity contribution is 5.82. The van der Waals surface area contributed by atoms with Gasteiger partial charge in [-0.3, -0.25) is 4.79 Å². The van der Waals surface area contributed by atoms with Gasteiger partial charge < -0.3 is 11.1 Å². The first-order chi connectivity index (χ1) is 8.18. The lowest BCUT2D eigenvalue weighted by Gasteiger charge is -2.27. The van der Waals surface area contributed by atoms with Crippen LogP contribution in [0.5, 0.6) is 0 Å². The largest absolute Gasteiger partial charge is 0.355 e. The van der Waals surface area contributed by atoms with Crippen molar-refractivity contribution in [3.8, 4) is 0 Å². The van der Waals surface area contributed by atoms with Crippen LogP contribution in [0.25, 0.3) is 0 Å². The maximum atomic E-state index is 12.3. The van der Waals surface area contributed by atoms with E-state index in [2.05, 4.69) is 19.2 Å². The molecule has 3 nitrogen and oxygen atoms in total. The van der Waals surface area contributed by atoms with Crippen LogP contribution in [0.4, 0.5) is 0 Å². The molecule has 1 unspecified atom stereocenters. The Morgan fingerprint density at radius 1 is 1.35 bits per heavy atom. The van der Waals surface area contributed by atoms with Gasteiger partial charge in [0.2, 0.25) is 5.91 Å². The van der Waals surface area contributed by atoms with Crippen molar-refractivity contribution in [3.05, 3.63) is 0 Å². The van der Waals surface area contributed by atoms with E-state index in [0.29, 0.717) is 12.5 Å². The zero-order valence-electron chi connectivity index (χ0n) is 11.4. The van der Waals surface area contributed by atoms with Crippen molar-refractivity contribution < 1.29 is 4.79 Å². The molecule has 1 amide bonds. The van der Waals surface area contributed by atoms with E-state index in [1.54, 1.807) is 0 Å². The molecule has 3 heteroatoms. The third-order valence-electron chi connectivity index (χ3n) is 4.42. The predicted molar refractivity (Wildman–Crippen MR) is 71.7 cm³/mol. The molecule has 3 N–H and O–H groups in total. The van der Waals surface area contributed by atoms with E-state index in [0.717, 1.165) is 38.6 Å².